The summed E-state index contributed by atoms with van der Waals surface area (Å²) in [6.07, 6.45) is 2.38. The molecule has 2 aromatic rings. The van der Waals surface area contributed by atoms with Crippen molar-refractivity contribution >= 4 is 17.3 Å². The van der Waals surface area contributed by atoms with Gasteiger partial charge in [-0.25, -0.2) is 0 Å². The van der Waals surface area contributed by atoms with E-state index in [4.69, 9.17) is 11.6 Å². The van der Waals surface area contributed by atoms with Crippen LogP contribution in [-0.4, -0.2) is 19.1 Å². The van der Waals surface area contributed by atoms with Gasteiger partial charge in [-0.2, -0.15) is 0 Å². The number of hydrogen-bond acceptors (Lipinski definition) is 2. The smallest absolute Gasteiger partial charge is 0.0433 e. The Kier molecular flexibility index (Phi) is 4.79. The number of anilines is 1. The Bertz CT molecular complexity index is 564. The highest BCUT2D eigenvalue weighted by Crippen LogP contribution is 2.24. The zero-order chi connectivity index (χ0) is 14.5. The van der Waals surface area contributed by atoms with Gasteiger partial charge < -0.3 is 10.2 Å². The lowest BCUT2D eigenvalue weighted by atomic mass is 10.0. The number of nitrogens with zero attached hydrogens (tertiary/aromatic N) is 1. The van der Waals surface area contributed by atoms with Gasteiger partial charge in [-0.3, -0.25) is 0 Å². The number of para-hydroxylation sites is 1. The van der Waals surface area contributed by atoms with Crippen LogP contribution in [0.4, 0.5) is 5.69 Å². The van der Waals surface area contributed by atoms with Crippen molar-refractivity contribution < 1.29 is 0 Å². The molecule has 0 aromatic heterocycles. The van der Waals surface area contributed by atoms with Crippen LogP contribution in [0.15, 0.2) is 54.6 Å². The predicted molar refractivity (Wildman–Crippen MR) is 90.0 cm³/mol. The lowest BCUT2D eigenvalue weighted by molar-refractivity contribution is 0.428. The van der Waals surface area contributed by atoms with Gasteiger partial charge in [0.05, 0.1) is 0 Å². The molecule has 0 radical (unpaired) electrons. The van der Waals surface area contributed by atoms with Gasteiger partial charge in [-0.05, 0) is 55.8 Å². The Morgan fingerprint density at radius 2 is 1.76 bits per heavy atom. The van der Waals surface area contributed by atoms with Gasteiger partial charge in [-0.1, -0.05) is 41.9 Å². The third kappa shape index (κ3) is 3.78. The topological polar surface area (TPSA) is 15.3 Å². The van der Waals surface area contributed by atoms with Gasteiger partial charge in [0.25, 0.3) is 0 Å². The average Bonchev–Trinajstić information content (AvgIpc) is 2.54. The van der Waals surface area contributed by atoms with Crippen LogP contribution in [-0.2, 0) is 6.54 Å². The predicted octanol–water partition coefficient (Wildman–Crippen LogP) is 4.10. The van der Waals surface area contributed by atoms with Crippen LogP contribution in [0.3, 0.4) is 0 Å². The zero-order valence-corrected chi connectivity index (χ0v) is 12.9. The largest absolute Gasteiger partial charge is 0.364 e. The van der Waals surface area contributed by atoms with E-state index in [1.54, 1.807) is 0 Å². The van der Waals surface area contributed by atoms with Crippen molar-refractivity contribution in [3.8, 4) is 0 Å². The Hall–Kier alpha value is -1.51. The summed E-state index contributed by atoms with van der Waals surface area (Å²) in [5.74, 6) is 0. The minimum Gasteiger partial charge on any atom is -0.364 e. The molecule has 1 aliphatic heterocycles. The van der Waals surface area contributed by atoms with E-state index in [9.17, 15) is 0 Å². The van der Waals surface area contributed by atoms with Gasteiger partial charge in [0, 0.05) is 23.3 Å². The van der Waals surface area contributed by atoms with Crippen molar-refractivity contribution in [2.24, 2.45) is 0 Å². The first kappa shape index (κ1) is 14.4. The molecular formula is C18H21ClN2. The summed E-state index contributed by atoms with van der Waals surface area (Å²) in [4.78, 5) is 2.52. The van der Waals surface area contributed by atoms with E-state index in [0.29, 0.717) is 6.04 Å². The van der Waals surface area contributed by atoms with Crippen LogP contribution in [0.25, 0.3) is 0 Å². The quantitative estimate of drug-likeness (QED) is 0.914. The van der Waals surface area contributed by atoms with Crippen molar-refractivity contribution in [2.45, 2.75) is 25.4 Å². The summed E-state index contributed by atoms with van der Waals surface area (Å²) in [5, 5.41) is 4.26. The van der Waals surface area contributed by atoms with Gasteiger partial charge in [0.2, 0.25) is 0 Å². The maximum absolute atomic E-state index is 6.13. The Balaban J connectivity index is 1.85. The van der Waals surface area contributed by atoms with Crippen molar-refractivity contribution in [1.82, 2.24) is 5.32 Å². The number of halogens is 1. The van der Waals surface area contributed by atoms with E-state index >= 15 is 0 Å². The first-order valence-corrected chi connectivity index (χ1v) is 7.97. The number of hydrogen-bond donors (Lipinski definition) is 1. The van der Waals surface area contributed by atoms with Crippen molar-refractivity contribution in [3.05, 3.63) is 65.2 Å². The third-order valence-electron chi connectivity index (χ3n) is 4.08. The second-order valence-corrected chi connectivity index (χ2v) is 6.01. The van der Waals surface area contributed by atoms with Crippen LogP contribution >= 0.6 is 11.6 Å². The van der Waals surface area contributed by atoms with E-state index in [0.717, 1.165) is 24.7 Å². The van der Waals surface area contributed by atoms with Gasteiger partial charge >= 0.3 is 0 Å². The molecule has 0 saturated carbocycles. The molecule has 0 bridgehead atoms. The lowest BCUT2D eigenvalue weighted by Gasteiger charge is -2.36. The number of benzene rings is 2. The highest BCUT2D eigenvalue weighted by molar-refractivity contribution is 6.30. The molecule has 3 heteroatoms. The summed E-state index contributed by atoms with van der Waals surface area (Å²) in [6, 6.07) is 19.5. The maximum atomic E-state index is 6.13. The first-order valence-electron chi connectivity index (χ1n) is 7.60. The van der Waals surface area contributed by atoms with E-state index in [-0.39, 0.29) is 0 Å². The van der Waals surface area contributed by atoms with Crippen molar-refractivity contribution in [2.75, 3.05) is 18.0 Å². The summed E-state index contributed by atoms with van der Waals surface area (Å²) in [5.41, 5.74) is 2.56. The van der Waals surface area contributed by atoms with Crippen LogP contribution in [0, 0.1) is 0 Å². The Labute approximate surface area is 131 Å². The van der Waals surface area contributed by atoms with Gasteiger partial charge in [-0.15, -0.1) is 0 Å². The van der Waals surface area contributed by atoms with Crippen molar-refractivity contribution in [3.63, 3.8) is 0 Å². The summed E-state index contributed by atoms with van der Waals surface area (Å²) in [7, 11) is 0. The first-order chi connectivity index (χ1) is 10.3. The highest BCUT2D eigenvalue weighted by Gasteiger charge is 2.21. The normalized spacial score (nSPS) is 15.9. The fraction of sp³-hybridized carbons (Fsp3) is 0.333. The SMILES string of the molecule is Clc1cccc(CN(c2ccccc2)C2CCNCC2)c1. The van der Waals surface area contributed by atoms with Crippen LogP contribution in [0.5, 0.6) is 0 Å². The molecule has 0 spiro atoms. The average molecular weight is 301 g/mol. The van der Waals surface area contributed by atoms with Crippen LogP contribution in [0.1, 0.15) is 18.4 Å². The molecule has 2 aromatic carbocycles. The summed E-state index contributed by atoms with van der Waals surface area (Å²) < 4.78 is 0. The lowest BCUT2D eigenvalue weighted by Crippen LogP contribution is -2.43. The van der Waals surface area contributed by atoms with Gasteiger partial charge in [0.15, 0.2) is 0 Å². The third-order valence-corrected chi connectivity index (χ3v) is 4.31. The fourth-order valence-corrected chi connectivity index (χ4v) is 3.21. The summed E-state index contributed by atoms with van der Waals surface area (Å²) >= 11 is 6.13. The van der Waals surface area contributed by atoms with Crippen molar-refractivity contribution in [1.29, 1.82) is 0 Å². The van der Waals surface area contributed by atoms with E-state index in [1.165, 1.54) is 24.1 Å². The van der Waals surface area contributed by atoms with Crippen LogP contribution < -0.4 is 10.2 Å². The molecule has 2 nitrogen and oxygen atoms in total. The van der Waals surface area contributed by atoms with E-state index in [2.05, 4.69) is 52.7 Å². The molecule has 1 saturated heterocycles. The minimum atomic E-state index is 0.590. The zero-order valence-electron chi connectivity index (χ0n) is 12.1. The molecule has 0 unspecified atom stereocenters. The van der Waals surface area contributed by atoms with E-state index in [1.807, 2.05) is 12.1 Å². The molecule has 0 amide bonds. The molecule has 0 aliphatic carbocycles. The molecule has 110 valence electrons. The van der Waals surface area contributed by atoms with Gasteiger partial charge in [0.1, 0.15) is 0 Å². The maximum Gasteiger partial charge on any atom is 0.0433 e. The molecule has 3 rings (SSSR count). The summed E-state index contributed by atoms with van der Waals surface area (Å²) in [6.45, 7) is 3.11. The molecule has 1 heterocycles. The minimum absolute atomic E-state index is 0.590. The number of piperidine rings is 1. The van der Waals surface area contributed by atoms with E-state index < -0.39 is 0 Å². The van der Waals surface area contributed by atoms with Crippen LogP contribution in [0.2, 0.25) is 5.02 Å². The fourth-order valence-electron chi connectivity index (χ4n) is 3.00. The molecule has 21 heavy (non-hydrogen) atoms. The highest BCUT2D eigenvalue weighted by atomic mass is 35.5. The standard InChI is InChI=1S/C18H21ClN2/c19-16-6-4-5-15(13-16)14-21(17-7-2-1-3-8-17)18-9-11-20-12-10-18/h1-8,13,18,20H,9-12,14H2. The number of nitrogens with one attached hydrogen (secondary N) is 1. The Morgan fingerprint density at radius 1 is 1.00 bits per heavy atom. The second kappa shape index (κ2) is 6.97. The number of rotatable bonds is 4. The second-order valence-electron chi connectivity index (χ2n) is 5.57. The Morgan fingerprint density at radius 3 is 2.48 bits per heavy atom. The molecule has 1 aliphatic rings. The monoisotopic (exact) mass is 300 g/mol. The molecule has 0 atom stereocenters. The molecular weight excluding hydrogens is 280 g/mol. The molecule has 1 fully saturated rings. The molecule has 1 N–H and O–H groups in total.